The summed E-state index contributed by atoms with van der Waals surface area (Å²) in [5.74, 6) is -0.630. The Morgan fingerprint density at radius 3 is 2.52 bits per heavy atom. The Balaban J connectivity index is 1.96. The van der Waals surface area contributed by atoms with Crippen molar-refractivity contribution in [2.45, 2.75) is 32.0 Å². The molecule has 3 aromatic rings. The number of rotatable bonds is 6. The lowest BCUT2D eigenvalue weighted by molar-refractivity contribution is -0.129. The van der Waals surface area contributed by atoms with Gasteiger partial charge in [-0.05, 0) is 48.9 Å². The SMILES string of the molecule is CCCCc1oc2ccc(C(=O)OC)cc2c1C1(c2ccc(O)cc2)OCCO1. The third-order valence-electron chi connectivity index (χ3n) is 5.21. The van der Waals surface area contributed by atoms with Crippen LogP contribution < -0.4 is 0 Å². The highest BCUT2D eigenvalue weighted by atomic mass is 16.7. The van der Waals surface area contributed by atoms with Gasteiger partial charge in [0.1, 0.15) is 17.1 Å². The van der Waals surface area contributed by atoms with E-state index >= 15 is 0 Å². The fourth-order valence-electron chi connectivity index (χ4n) is 3.82. The number of benzene rings is 2. The van der Waals surface area contributed by atoms with Crippen LogP contribution in [0.2, 0.25) is 0 Å². The van der Waals surface area contributed by atoms with Gasteiger partial charge in [-0.3, -0.25) is 0 Å². The number of furan rings is 1. The average molecular weight is 396 g/mol. The van der Waals surface area contributed by atoms with Crippen molar-refractivity contribution >= 4 is 16.9 Å². The topological polar surface area (TPSA) is 78.1 Å². The second kappa shape index (κ2) is 7.89. The molecule has 2 aromatic carbocycles. The highest BCUT2D eigenvalue weighted by molar-refractivity contribution is 5.95. The van der Waals surface area contributed by atoms with Gasteiger partial charge in [0.25, 0.3) is 0 Å². The molecule has 6 heteroatoms. The van der Waals surface area contributed by atoms with E-state index < -0.39 is 11.8 Å². The van der Waals surface area contributed by atoms with Gasteiger partial charge in [0, 0.05) is 17.4 Å². The van der Waals surface area contributed by atoms with Crippen LogP contribution in [-0.2, 0) is 26.4 Å². The zero-order valence-corrected chi connectivity index (χ0v) is 16.6. The number of phenols is 1. The van der Waals surface area contributed by atoms with Crippen molar-refractivity contribution in [1.82, 2.24) is 0 Å². The summed E-state index contributed by atoms with van der Waals surface area (Å²) in [5, 5.41) is 10.5. The first-order chi connectivity index (χ1) is 14.1. The summed E-state index contributed by atoms with van der Waals surface area (Å²) in [5.41, 5.74) is 2.63. The maximum absolute atomic E-state index is 12.1. The molecule has 0 spiro atoms. The van der Waals surface area contributed by atoms with Crippen LogP contribution in [0.3, 0.4) is 0 Å². The first kappa shape index (κ1) is 19.5. The van der Waals surface area contributed by atoms with Crippen molar-refractivity contribution in [3.05, 3.63) is 64.9 Å². The number of hydrogen-bond donors (Lipinski definition) is 1. The molecule has 152 valence electrons. The Labute approximate surface area is 169 Å². The van der Waals surface area contributed by atoms with Crippen LogP contribution in [-0.4, -0.2) is 31.4 Å². The molecule has 1 fully saturated rings. The maximum atomic E-state index is 12.1. The molecule has 1 N–H and O–H groups in total. The van der Waals surface area contributed by atoms with Gasteiger partial charge in [-0.2, -0.15) is 0 Å². The fourth-order valence-corrected chi connectivity index (χ4v) is 3.82. The largest absolute Gasteiger partial charge is 0.508 e. The molecule has 0 atom stereocenters. The molecule has 2 heterocycles. The molecule has 1 aliphatic heterocycles. The van der Waals surface area contributed by atoms with Crippen molar-refractivity contribution in [3.8, 4) is 5.75 Å². The van der Waals surface area contributed by atoms with Crippen LogP contribution in [0.25, 0.3) is 11.0 Å². The van der Waals surface area contributed by atoms with E-state index in [0.717, 1.165) is 41.5 Å². The quantitative estimate of drug-likeness (QED) is 0.618. The number of ether oxygens (including phenoxy) is 3. The Bertz CT molecular complexity index is 1010. The predicted molar refractivity (Wildman–Crippen MR) is 107 cm³/mol. The molecule has 29 heavy (non-hydrogen) atoms. The zero-order valence-electron chi connectivity index (χ0n) is 16.6. The minimum Gasteiger partial charge on any atom is -0.508 e. The van der Waals surface area contributed by atoms with Crippen LogP contribution in [0.15, 0.2) is 46.9 Å². The zero-order chi connectivity index (χ0) is 20.4. The molecular formula is C23H24O6. The normalized spacial score (nSPS) is 15.7. The van der Waals surface area contributed by atoms with Crippen molar-refractivity contribution in [3.63, 3.8) is 0 Å². The van der Waals surface area contributed by atoms with Gasteiger partial charge in [-0.25, -0.2) is 4.79 Å². The number of aryl methyl sites for hydroxylation is 1. The lowest BCUT2D eigenvalue weighted by Gasteiger charge is -2.28. The Morgan fingerprint density at radius 2 is 1.86 bits per heavy atom. The van der Waals surface area contributed by atoms with Crippen molar-refractivity contribution in [1.29, 1.82) is 0 Å². The summed E-state index contributed by atoms with van der Waals surface area (Å²) < 4.78 is 23.4. The summed E-state index contributed by atoms with van der Waals surface area (Å²) in [6.45, 7) is 2.98. The molecule has 4 rings (SSSR count). The first-order valence-corrected chi connectivity index (χ1v) is 9.80. The molecule has 0 amide bonds. The van der Waals surface area contributed by atoms with Crippen molar-refractivity contribution < 1.29 is 28.5 Å². The third-order valence-corrected chi connectivity index (χ3v) is 5.21. The second-order valence-electron chi connectivity index (χ2n) is 7.07. The summed E-state index contributed by atoms with van der Waals surface area (Å²) in [4.78, 5) is 12.1. The molecular weight excluding hydrogens is 372 g/mol. The van der Waals surface area contributed by atoms with Gasteiger partial charge in [0.2, 0.25) is 5.79 Å². The van der Waals surface area contributed by atoms with Gasteiger partial charge in [0.05, 0.1) is 31.5 Å². The molecule has 0 radical (unpaired) electrons. The van der Waals surface area contributed by atoms with E-state index in [1.165, 1.54) is 7.11 Å². The minimum atomic E-state index is -1.16. The van der Waals surface area contributed by atoms with Crippen molar-refractivity contribution in [2.75, 3.05) is 20.3 Å². The van der Waals surface area contributed by atoms with Crippen LogP contribution in [0.1, 0.15) is 47.0 Å². The van der Waals surface area contributed by atoms with E-state index in [2.05, 4.69) is 6.92 Å². The lowest BCUT2D eigenvalue weighted by Crippen LogP contribution is -2.29. The number of unbranched alkanes of at least 4 members (excludes halogenated alkanes) is 1. The van der Waals surface area contributed by atoms with E-state index in [0.29, 0.717) is 24.4 Å². The number of fused-ring (bicyclic) bond motifs is 1. The van der Waals surface area contributed by atoms with Gasteiger partial charge >= 0.3 is 5.97 Å². The van der Waals surface area contributed by atoms with Gasteiger partial charge in [0.15, 0.2) is 0 Å². The summed E-state index contributed by atoms with van der Waals surface area (Å²) in [6, 6.07) is 12.0. The number of methoxy groups -OCH3 is 1. The predicted octanol–water partition coefficient (Wildman–Crippen LogP) is 4.52. The summed E-state index contributed by atoms with van der Waals surface area (Å²) in [6.07, 6.45) is 2.68. The molecule has 0 bridgehead atoms. The Morgan fingerprint density at radius 1 is 1.14 bits per heavy atom. The third kappa shape index (κ3) is 3.39. The minimum absolute atomic E-state index is 0.165. The number of hydrogen-bond acceptors (Lipinski definition) is 6. The van der Waals surface area contributed by atoms with Crippen LogP contribution >= 0.6 is 0 Å². The average Bonchev–Trinajstić information content (AvgIpc) is 3.36. The number of carbonyl (C=O) groups is 1. The molecule has 1 aliphatic rings. The maximum Gasteiger partial charge on any atom is 0.337 e. The molecule has 0 aliphatic carbocycles. The molecule has 0 saturated carbocycles. The van der Waals surface area contributed by atoms with E-state index in [-0.39, 0.29) is 5.75 Å². The first-order valence-electron chi connectivity index (χ1n) is 9.80. The lowest BCUT2D eigenvalue weighted by atomic mass is 9.92. The summed E-state index contributed by atoms with van der Waals surface area (Å²) >= 11 is 0. The Kier molecular flexibility index (Phi) is 5.30. The Hall–Kier alpha value is -2.83. The molecule has 1 aromatic heterocycles. The fraction of sp³-hybridized carbons (Fsp3) is 0.348. The molecule has 0 unspecified atom stereocenters. The monoisotopic (exact) mass is 396 g/mol. The second-order valence-corrected chi connectivity index (χ2v) is 7.07. The van der Waals surface area contributed by atoms with Crippen LogP contribution in [0, 0.1) is 0 Å². The van der Waals surface area contributed by atoms with Crippen LogP contribution in [0.5, 0.6) is 5.75 Å². The highest BCUT2D eigenvalue weighted by Gasteiger charge is 2.45. The van der Waals surface area contributed by atoms with E-state index in [4.69, 9.17) is 18.6 Å². The smallest absolute Gasteiger partial charge is 0.337 e. The van der Waals surface area contributed by atoms with E-state index in [1.807, 2.05) is 0 Å². The number of aromatic hydroxyl groups is 1. The molecule has 1 saturated heterocycles. The van der Waals surface area contributed by atoms with E-state index in [1.54, 1.807) is 42.5 Å². The number of carbonyl (C=O) groups excluding carboxylic acids is 1. The number of esters is 1. The molecule has 6 nitrogen and oxygen atoms in total. The van der Waals surface area contributed by atoms with Gasteiger partial charge in [-0.1, -0.05) is 13.3 Å². The van der Waals surface area contributed by atoms with Gasteiger partial charge < -0.3 is 23.7 Å². The van der Waals surface area contributed by atoms with Crippen LogP contribution in [0.4, 0.5) is 0 Å². The van der Waals surface area contributed by atoms with E-state index in [9.17, 15) is 9.90 Å². The van der Waals surface area contributed by atoms with Crippen molar-refractivity contribution in [2.24, 2.45) is 0 Å². The highest BCUT2D eigenvalue weighted by Crippen LogP contribution is 2.45. The standard InChI is InChI=1S/C23H24O6/c1-3-4-5-20-21(18-14-15(22(25)26-2)6-11-19(18)29-20)23(27-12-13-28-23)16-7-9-17(24)10-8-16/h6-11,14,24H,3-5,12-13H2,1-2H3. The number of phenolic OH excluding ortho intramolecular Hbond substituents is 1. The van der Waals surface area contributed by atoms with Gasteiger partial charge in [-0.15, -0.1) is 0 Å². The summed E-state index contributed by atoms with van der Waals surface area (Å²) in [7, 11) is 1.36.